The third kappa shape index (κ3) is 2.63. The third-order valence-electron chi connectivity index (χ3n) is 9.56. The minimum absolute atomic E-state index is 0.0294. The highest BCUT2D eigenvalue weighted by atomic mass is 32.2. The molecule has 0 radical (unpaired) electrons. The molecule has 5 aliphatic carbocycles. The maximum Gasteiger partial charge on any atom is 0.311 e. The average molecular weight is 397 g/mol. The molecule has 1 N–H and O–H groups in total. The lowest BCUT2D eigenvalue weighted by molar-refractivity contribution is -0.242. The molecule has 9 atom stereocenters. The second-order valence-electron chi connectivity index (χ2n) is 10.5. The number of methoxy groups -OCH3 is 1. The van der Waals surface area contributed by atoms with Gasteiger partial charge in [-0.25, -0.2) is 0 Å². The molecule has 4 nitrogen and oxygen atoms in total. The van der Waals surface area contributed by atoms with E-state index in [1.54, 1.807) is 6.26 Å². The quantitative estimate of drug-likeness (QED) is 0.741. The van der Waals surface area contributed by atoms with Crippen LogP contribution in [0.15, 0.2) is 0 Å². The van der Waals surface area contributed by atoms with Crippen LogP contribution in [0.5, 0.6) is 0 Å². The van der Waals surface area contributed by atoms with Gasteiger partial charge in [0.25, 0.3) is 0 Å². The highest BCUT2D eigenvalue weighted by molar-refractivity contribution is 7.84. The van der Waals surface area contributed by atoms with Crippen LogP contribution in [0.2, 0.25) is 0 Å². The van der Waals surface area contributed by atoms with Crippen molar-refractivity contribution >= 4 is 16.8 Å². The molecule has 0 amide bonds. The Morgan fingerprint density at radius 3 is 2.52 bits per heavy atom. The fraction of sp³-hybridized carbons (Fsp3) is 0.955. The smallest absolute Gasteiger partial charge is 0.311 e. The van der Waals surface area contributed by atoms with E-state index < -0.39 is 16.2 Å². The first-order valence-electron chi connectivity index (χ1n) is 10.8. The maximum absolute atomic E-state index is 12.7. The van der Waals surface area contributed by atoms with Gasteiger partial charge in [0.15, 0.2) is 0 Å². The number of esters is 1. The molecule has 0 aromatic heterocycles. The molecule has 0 heterocycles. The lowest BCUT2D eigenvalue weighted by Crippen LogP contribution is -2.67. The standard InChI is InChI=1S/C22H36O4S/c1-20-8-5-9-21(2,19(24)26-3)16(20)7-11-22-10-6-14(12-17(20)22)15(18(22)23)13-27(4)25/h14-18,23H,5-13H2,1-4H3/t14?,15?,16?,17?,18?,20-,21-,22?,27?/m1/s1. The van der Waals surface area contributed by atoms with Crippen LogP contribution < -0.4 is 0 Å². The van der Waals surface area contributed by atoms with E-state index in [4.69, 9.17) is 4.74 Å². The van der Waals surface area contributed by atoms with Crippen molar-refractivity contribution < 1.29 is 18.8 Å². The van der Waals surface area contributed by atoms with Gasteiger partial charge < -0.3 is 9.84 Å². The van der Waals surface area contributed by atoms with Gasteiger partial charge in [-0.2, -0.15) is 0 Å². The summed E-state index contributed by atoms with van der Waals surface area (Å²) in [4.78, 5) is 12.7. The van der Waals surface area contributed by atoms with Gasteiger partial charge in [0.05, 0.1) is 18.6 Å². The van der Waals surface area contributed by atoms with E-state index in [-0.39, 0.29) is 28.8 Å². The molecule has 0 aliphatic heterocycles. The Bertz CT molecular complexity index is 650. The van der Waals surface area contributed by atoms with Gasteiger partial charge in [0.1, 0.15) is 0 Å². The van der Waals surface area contributed by atoms with Crippen LogP contribution in [-0.2, 0) is 20.3 Å². The van der Waals surface area contributed by atoms with Crippen molar-refractivity contribution in [1.82, 2.24) is 0 Å². The average Bonchev–Trinajstić information content (AvgIpc) is 2.63. The van der Waals surface area contributed by atoms with Gasteiger partial charge in [-0.3, -0.25) is 9.00 Å². The molecule has 0 saturated heterocycles. The summed E-state index contributed by atoms with van der Waals surface area (Å²) in [6.45, 7) is 4.53. The number of ether oxygens (including phenoxy) is 1. The second kappa shape index (κ2) is 6.55. The second-order valence-corrected chi connectivity index (χ2v) is 12.0. The number of fused-ring (bicyclic) bond motifs is 3. The molecule has 0 aromatic rings. The zero-order valence-corrected chi connectivity index (χ0v) is 18.1. The van der Waals surface area contributed by atoms with E-state index in [1.165, 1.54) is 13.5 Å². The van der Waals surface area contributed by atoms with Gasteiger partial charge in [-0.15, -0.1) is 0 Å². The Hall–Kier alpha value is -0.420. The van der Waals surface area contributed by atoms with E-state index in [1.807, 2.05) is 0 Å². The summed E-state index contributed by atoms with van der Waals surface area (Å²) in [5, 5.41) is 11.5. The van der Waals surface area contributed by atoms with Crippen molar-refractivity contribution in [1.29, 1.82) is 0 Å². The van der Waals surface area contributed by atoms with Crippen molar-refractivity contribution in [2.45, 2.75) is 71.3 Å². The predicted molar refractivity (Wildman–Crippen MR) is 106 cm³/mol. The fourth-order valence-corrected chi connectivity index (χ4v) is 9.45. The Kier molecular flexibility index (Phi) is 4.82. The van der Waals surface area contributed by atoms with Crippen LogP contribution in [0.25, 0.3) is 0 Å². The lowest BCUT2D eigenvalue weighted by atomic mass is 9.35. The molecule has 2 bridgehead atoms. The summed E-state index contributed by atoms with van der Waals surface area (Å²) in [5.74, 6) is 2.08. The van der Waals surface area contributed by atoms with Crippen molar-refractivity contribution in [3.8, 4) is 0 Å². The van der Waals surface area contributed by atoms with Crippen LogP contribution >= 0.6 is 0 Å². The fourth-order valence-electron chi connectivity index (χ4n) is 8.45. The summed E-state index contributed by atoms with van der Waals surface area (Å²) in [7, 11) is 0.659. The zero-order chi connectivity index (χ0) is 19.6. The summed E-state index contributed by atoms with van der Waals surface area (Å²) < 4.78 is 17.2. The molecule has 154 valence electrons. The van der Waals surface area contributed by atoms with Crippen LogP contribution in [0.4, 0.5) is 0 Å². The molecule has 5 fully saturated rings. The van der Waals surface area contributed by atoms with Gasteiger partial charge >= 0.3 is 5.97 Å². The largest absolute Gasteiger partial charge is 0.469 e. The first-order chi connectivity index (χ1) is 12.7. The van der Waals surface area contributed by atoms with Crippen molar-refractivity contribution in [2.75, 3.05) is 19.1 Å². The SMILES string of the molecule is COC(=O)[C@]1(C)CCC[C@@]2(C)C3CC4CCC3(CCC21)C(O)C4CS(C)=O. The topological polar surface area (TPSA) is 63.6 Å². The highest BCUT2D eigenvalue weighted by Crippen LogP contribution is 2.72. The number of aliphatic hydroxyl groups excluding tert-OH is 1. The maximum atomic E-state index is 12.7. The minimum atomic E-state index is -0.861. The lowest BCUT2D eigenvalue weighted by Gasteiger charge is -2.70. The molecule has 27 heavy (non-hydrogen) atoms. The number of aliphatic hydroxyl groups is 1. The number of rotatable bonds is 3. The number of carbonyl (C=O) groups excluding carboxylic acids is 1. The van der Waals surface area contributed by atoms with Crippen molar-refractivity contribution in [3.63, 3.8) is 0 Å². The van der Waals surface area contributed by atoms with E-state index in [0.717, 1.165) is 44.9 Å². The molecular weight excluding hydrogens is 360 g/mol. The van der Waals surface area contributed by atoms with Gasteiger partial charge in [-0.1, -0.05) is 13.3 Å². The molecule has 5 aliphatic rings. The monoisotopic (exact) mass is 396 g/mol. The van der Waals surface area contributed by atoms with Gasteiger partial charge in [0, 0.05) is 22.8 Å². The summed E-state index contributed by atoms with van der Waals surface area (Å²) in [6.07, 6.45) is 10.0. The molecule has 0 aromatic carbocycles. The molecule has 5 heteroatoms. The van der Waals surface area contributed by atoms with Crippen LogP contribution in [0.3, 0.4) is 0 Å². The van der Waals surface area contributed by atoms with E-state index >= 15 is 0 Å². The normalized spacial score (nSPS) is 52.6. The molecule has 5 saturated carbocycles. The zero-order valence-electron chi connectivity index (χ0n) is 17.3. The first-order valence-corrected chi connectivity index (χ1v) is 12.5. The van der Waals surface area contributed by atoms with E-state index in [0.29, 0.717) is 23.5 Å². The Balaban J connectivity index is 1.70. The van der Waals surface area contributed by atoms with E-state index in [2.05, 4.69) is 13.8 Å². The Morgan fingerprint density at radius 2 is 1.85 bits per heavy atom. The van der Waals surface area contributed by atoms with Crippen LogP contribution in [0.1, 0.15) is 65.2 Å². The number of carbonyl (C=O) groups is 1. The number of hydrogen-bond acceptors (Lipinski definition) is 4. The van der Waals surface area contributed by atoms with Crippen molar-refractivity contribution in [2.24, 2.45) is 39.9 Å². The van der Waals surface area contributed by atoms with Crippen LogP contribution in [0, 0.1) is 39.9 Å². The predicted octanol–water partition coefficient (Wildman–Crippen LogP) is 3.54. The Labute approximate surface area is 166 Å². The first kappa shape index (κ1) is 19.9. The van der Waals surface area contributed by atoms with Gasteiger partial charge in [-0.05, 0) is 86.4 Å². The van der Waals surface area contributed by atoms with Crippen LogP contribution in [-0.4, -0.2) is 40.5 Å². The minimum Gasteiger partial charge on any atom is -0.469 e. The molecule has 7 unspecified atom stereocenters. The molecule has 1 spiro atoms. The molecular formula is C22H36O4S. The summed E-state index contributed by atoms with van der Waals surface area (Å²) >= 11 is 0. The van der Waals surface area contributed by atoms with Gasteiger partial charge in [0.2, 0.25) is 0 Å². The number of hydrogen-bond donors (Lipinski definition) is 1. The molecule has 5 rings (SSSR count). The summed E-state index contributed by atoms with van der Waals surface area (Å²) in [5.41, 5.74) is -0.330. The highest BCUT2D eigenvalue weighted by Gasteiger charge is 2.68. The van der Waals surface area contributed by atoms with Crippen molar-refractivity contribution in [3.05, 3.63) is 0 Å². The Morgan fingerprint density at radius 1 is 1.15 bits per heavy atom. The third-order valence-corrected chi connectivity index (χ3v) is 10.4. The van der Waals surface area contributed by atoms with E-state index in [9.17, 15) is 14.1 Å². The summed E-state index contributed by atoms with van der Waals surface area (Å²) in [6, 6.07) is 0.